The molecule has 2 heterocycles. The number of carbonyl (C=O) groups excluding carboxylic acids is 3. The lowest BCUT2D eigenvalue weighted by Crippen LogP contribution is -2.55. The van der Waals surface area contributed by atoms with Gasteiger partial charge in [0.15, 0.2) is 0 Å². The summed E-state index contributed by atoms with van der Waals surface area (Å²) in [4.78, 5) is 44.2. The summed E-state index contributed by atoms with van der Waals surface area (Å²) in [5.41, 5.74) is 0.561. The highest BCUT2D eigenvalue weighted by molar-refractivity contribution is 7.92. The summed E-state index contributed by atoms with van der Waals surface area (Å²) >= 11 is 7.14. The number of likely N-dealkylation sites (tertiary alicyclic amines) is 1. The van der Waals surface area contributed by atoms with Crippen molar-refractivity contribution in [3.63, 3.8) is 0 Å². The minimum Gasteiger partial charge on any atom is -0.467 e. The van der Waals surface area contributed by atoms with E-state index in [1.807, 2.05) is 11.8 Å². The molecular weight excluding hydrogens is 564 g/mol. The smallest absolute Gasteiger partial charge is 0.328 e. The predicted molar refractivity (Wildman–Crippen MR) is 154 cm³/mol. The highest BCUT2D eigenvalue weighted by atomic mass is 35.5. The first-order chi connectivity index (χ1) is 18.3. The van der Waals surface area contributed by atoms with Crippen LogP contribution in [0.2, 0.25) is 4.34 Å². The van der Waals surface area contributed by atoms with Crippen molar-refractivity contribution in [3.8, 4) is 0 Å². The summed E-state index contributed by atoms with van der Waals surface area (Å²) in [5, 5.41) is 1.03. The van der Waals surface area contributed by atoms with Crippen molar-refractivity contribution >= 4 is 56.8 Å². The first-order valence-electron chi connectivity index (χ1n) is 12.9. The fraction of sp³-hybridized carbons (Fsp3) is 0.577. The van der Waals surface area contributed by atoms with Crippen LogP contribution in [0.4, 0.5) is 0 Å². The van der Waals surface area contributed by atoms with Gasteiger partial charge in [0.2, 0.25) is 21.8 Å². The Bertz CT molecular complexity index is 1170. The molecule has 1 aromatic heterocycles. The van der Waals surface area contributed by atoms with E-state index in [1.165, 1.54) is 29.4 Å². The number of ether oxygens (including phenoxy) is 1. The zero-order chi connectivity index (χ0) is 29.3. The molecule has 218 valence electrons. The molecule has 1 aliphatic heterocycles. The molecule has 0 aromatic carbocycles. The van der Waals surface area contributed by atoms with E-state index in [0.29, 0.717) is 47.4 Å². The molecule has 2 amide bonds. The molecule has 1 aromatic rings. The van der Waals surface area contributed by atoms with Gasteiger partial charge in [0.25, 0.3) is 0 Å². The van der Waals surface area contributed by atoms with Gasteiger partial charge < -0.3 is 19.4 Å². The van der Waals surface area contributed by atoms with Gasteiger partial charge in [-0.15, -0.1) is 11.3 Å². The number of esters is 1. The fourth-order valence-corrected chi connectivity index (χ4v) is 6.56. The number of thiophene rings is 1. The van der Waals surface area contributed by atoms with Gasteiger partial charge in [0.1, 0.15) is 18.1 Å². The maximum Gasteiger partial charge on any atom is 0.328 e. The summed E-state index contributed by atoms with van der Waals surface area (Å²) < 4.78 is 33.1. The molecule has 3 atom stereocenters. The van der Waals surface area contributed by atoms with E-state index in [-0.39, 0.29) is 18.4 Å². The summed E-state index contributed by atoms with van der Waals surface area (Å²) in [5.74, 6) is -1.09. The molecule has 1 aliphatic rings. The molecule has 2 rings (SSSR count). The molecule has 0 saturated carbocycles. The van der Waals surface area contributed by atoms with E-state index >= 15 is 0 Å². The molecule has 0 radical (unpaired) electrons. The molecule has 0 spiro atoms. The number of likely N-dealkylation sites (N-methyl/N-ethyl adjacent to an activating group) is 1. The van der Waals surface area contributed by atoms with Crippen LogP contribution in [0.25, 0.3) is 6.08 Å². The molecule has 1 fully saturated rings. The van der Waals surface area contributed by atoms with Gasteiger partial charge in [0, 0.05) is 35.6 Å². The van der Waals surface area contributed by atoms with Crippen LogP contribution in [0, 0.1) is 0 Å². The van der Waals surface area contributed by atoms with Crippen LogP contribution in [0.5, 0.6) is 0 Å². The van der Waals surface area contributed by atoms with Gasteiger partial charge in [-0.3, -0.25) is 9.59 Å². The van der Waals surface area contributed by atoms with Crippen molar-refractivity contribution in [1.82, 2.24) is 19.4 Å². The van der Waals surface area contributed by atoms with E-state index in [9.17, 15) is 22.8 Å². The van der Waals surface area contributed by atoms with Crippen LogP contribution in [-0.4, -0.2) is 92.3 Å². The van der Waals surface area contributed by atoms with Crippen molar-refractivity contribution in [2.45, 2.75) is 65.1 Å². The molecule has 1 saturated heterocycles. The van der Waals surface area contributed by atoms with E-state index in [4.69, 9.17) is 16.3 Å². The number of nitrogens with one attached hydrogen (secondary N) is 1. The fourth-order valence-electron chi connectivity index (χ4n) is 4.49. The molecule has 1 N–H and O–H groups in total. The number of sulfonamides is 1. The van der Waals surface area contributed by atoms with E-state index in [1.54, 1.807) is 37.8 Å². The second kappa shape index (κ2) is 14.8. The minimum absolute atomic E-state index is 0.150. The Balaban J connectivity index is 2.10. The lowest BCUT2D eigenvalue weighted by Gasteiger charge is -2.39. The van der Waals surface area contributed by atoms with Gasteiger partial charge in [-0.25, -0.2) is 13.2 Å². The standard InChI is InChI=1S/C26H39ClN4O6S2/c1-7-14-31(19(4)24(32)30(8-2)20(5)26(34)37-6)18(3)17-29-15-9-10-22(25(29)33)28-39(35,36)16-13-21-11-12-23(27)38-21/h11-13,16,19-20,22,28H,3,7-10,14-15,17H2,1-2,4-6H3/b16-13+/t19-,20?,22-/m0/s1. The maximum atomic E-state index is 13.4. The molecule has 0 aliphatic carbocycles. The number of nitrogens with zero attached hydrogens (tertiary/aromatic N) is 3. The Morgan fingerprint density at radius 1 is 1.28 bits per heavy atom. The summed E-state index contributed by atoms with van der Waals surface area (Å²) in [6, 6.07) is 1.12. The van der Waals surface area contributed by atoms with Gasteiger partial charge in [0.05, 0.1) is 18.0 Å². The normalized spacial score (nSPS) is 17.6. The van der Waals surface area contributed by atoms with Crippen LogP contribution in [0.15, 0.2) is 29.8 Å². The zero-order valence-corrected chi connectivity index (χ0v) is 25.6. The van der Waals surface area contributed by atoms with E-state index in [0.717, 1.165) is 11.8 Å². The zero-order valence-electron chi connectivity index (χ0n) is 23.2. The molecule has 39 heavy (non-hydrogen) atoms. The van der Waals surface area contributed by atoms with Crippen LogP contribution in [0.3, 0.4) is 0 Å². The SMILES string of the molecule is C=C(CN1CCC[C@H](NS(=O)(=O)/C=C/c2ccc(Cl)s2)C1=O)N(CCC)[C@@H](C)C(=O)N(CC)C(C)C(=O)OC. The second-order valence-corrected chi connectivity index (χ2v) is 12.7. The van der Waals surface area contributed by atoms with Crippen LogP contribution < -0.4 is 4.72 Å². The third kappa shape index (κ3) is 9.06. The summed E-state index contributed by atoms with van der Waals surface area (Å²) in [6.07, 6.45) is 3.16. The van der Waals surface area contributed by atoms with Crippen LogP contribution in [0.1, 0.15) is 51.8 Å². The summed E-state index contributed by atoms with van der Waals surface area (Å²) in [6.45, 7) is 12.7. The number of methoxy groups -OCH3 is 1. The molecule has 1 unspecified atom stereocenters. The number of piperidine rings is 1. The largest absolute Gasteiger partial charge is 0.467 e. The Morgan fingerprint density at radius 2 is 1.97 bits per heavy atom. The van der Waals surface area contributed by atoms with Crippen molar-refractivity contribution < 1.29 is 27.5 Å². The molecule has 10 nitrogen and oxygen atoms in total. The third-order valence-corrected chi connectivity index (χ3v) is 8.85. The van der Waals surface area contributed by atoms with Crippen molar-refractivity contribution in [1.29, 1.82) is 0 Å². The van der Waals surface area contributed by atoms with Gasteiger partial charge >= 0.3 is 5.97 Å². The molecule has 13 heteroatoms. The lowest BCUT2D eigenvalue weighted by molar-refractivity contribution is -0.153. The number of carbonyl (C=O) groups is 3. The average molecular weight is 603 g/mol. The molecular formula is C26H39ClN4O6S2. The number of hydrogen-bond donors (Lipinski definition) is 1. The van der Waals surface area contributed by atoms with Crippen LogP contribution >= 0.6 is 22.9 Å². The van der Waals surface area contributed by atoms with Gasteiger partial charge in [-0.1, -0.05) is 25.1 Å². The minimum atomic E-state index is -3.87. The predicted octanol–water partition coefficient (Wildman–Crippen LogP) is 3.31. The lowest BCUT2D eigenvalue weighted by atomic mass is 10.1. The van der Waals surface area contributed by atoms with Crippen LogP contribution in [-0.2, 0) is 29.1 Å². The number of hydrogen-bond acceptors (Lipinski definition) is 8. The highest BCUT2D eigenvalue weighted by Gasteiger charge is 2.35. The van der Waals surface area contributed by atoms with Crippen molar-refractivity contribution in [2.24, 2.45) is 0 Å². The van der Waals surface area contributed by atoms with E-state index in [2.05, 4.69) is 11.3 Å². The maximum absolute atomic E-state index is 13.4. The Morgan fingerprint density at radius 3 is 2.54 bits per heavy atom. The third-order valence-electron chi connectivity index (χ3n) is 6.55. The topological polar surface area (TPSA) is 116 Å². The first kappa shape index (κ1) is 32.8. The van der Waals surface area contributed by atoms with Crippen molar-refractivity contribution in [2.75, 3.05) is 33.3 Å². The molecule has 0 bridgehead atoms. The Labute approximate surface area is 240 Å². The van der Waals surface area contributed by atoms with Gasteiger partial charge in [-0.05, 0) is 58.2 Å². The highest BCUT2D eigenvalue weighted by Crippen LogP contribution is 2.23. The Hall–Kier alpha value is -2.41. The quantitative estimate of drug-likeness (QED) is 0.325. The number of halogens is 1. The number of amides is 2. The van der Waals surface area contributed by atoms with E-state index < -0.39 is 34.1 Å². The monoisotopic (exact) mass is 602 g/mol. The average Bonchev–Trinajstić information content (AvgIpc) is 3.32. The summed E-state index contributed by atoms with van der Waals surface area (Å²) in [7, 11) is -2.59. The number of rotatable bonds is 14. The first-order valence-corrected chi connectivity index (χ1v) is 15.7. The van der Waals surface area contributed by atoms with Gasteiger partial charge in [-0.2, -0.15) is 4.72 Å². The van der Waals surface area contributed by atoms with Crippen molar-refractivity contribution in [3.05, 3.63) is 39.0 Å². The Kier molecular flexibility index (Phi) is 12.5. The second-order valence-electron chi connectivity index (χ2n) is 9.32.